The standard InChI is InChI=1S/C28H28ClN3O3/c29-22-8-4-7-21(15-22)18-31-11-13-32(14-12-31)27(28(33)34)25-17-30-26-16-23(9-10-24(25)26)35-19-20-5-2-1-3-6-20/h1-10,15-17,27,30H,11-14,18-19H2,(H,33,34)/t27-/m1/s1. The van der Waals surface area contributed by atoms with E-state index in [1.54, 1.807) is 0 Å². The Balaban J connectivity index is 1.27. The van der Waals surface area contributed by atoms with Gasteiger partial charge in [-0.25, -0.2) is 0 Å². The lowest BCUT2D eigenvalue weighted by atomic mass is 10.0. The number of carboxylic acid groups (broad SMARTS) is 1. The van der Waals surface area contributed by atoms with Crippen LogP contribution < -0.4 is 4.74 Å². The molecule has 0 amide bonds. The number of piperazine rings is 1. The molecule has 1 fully saturated rings. The quantitative estimate of drug-likeness (QED) is 0.349. The second kappa shape index (κ2) is 10.5. The van der Waals surface area contributed by atoms with Gasteiger partial charge in [0.05, 0.1) is 0 Å². The number of carbonyl (C=O) groups is 1. The van der Waals surface area contributed by atoms with E-state index in [1.807, 2.05) is 72.9 Å². The zero-order valence-electron chi connectivity index (χ0n) is 19.4. The highest BCUT2D eigenvalue weighted by molar-refractivity contribution is 6.30. The second-order valence-electron chi connectivity index (χ2n) is 8.91. The summed E-state index contributed by atoms with van der Waals surface area (Å²) in [6.45, 7) is 4.26. The molecule has 5 rings (SSSR count). The van der Waals surface area contributed by atoms with Gasteiger partial charge in [-0.2, -0.15) is 0 Å². The summed E-state index contributed by atoms with van der Waals surface area (Å²) < 4.78 is 5.94. The van der Waals surface area contributed by atoms with Gasteiger partial charge in [-0.3, -0.25) is 14.6 Å². The van der Waals surface area contributed by atoms with E-state index in [9.17, 15) is 9.90 Å². The van der Waals surface area contributed by atoms with Crippen LogP contribution in [0.1, 0.15) is 22.7 Å². The van der Waals surface area contributed by atoms with Crippen LogP contribution in [-0.2, 0) is 17.9 Å². The molecule has 0 bridgehead atoms. The highest BCUT2D eigenvalue weighted by Gasteiger charge is 2.32. The van der Waals surface area contributed by atoms with Crippen molar-refractivity contribution in [3.8, 4) is 5.75 Å². The molecule has 0 unspecified atom stereocenters. The van der Waals surface area contributed by atoms with Crippen molar-refractivity contribution in [2.45, 2.75) is 19.2 Å². The van der Waals surface area contributed by atoms with Crippen LogP contribution in [0.3, 0.4) is 0 Å². The molecular weight excluding hydrogens is 462 g/mol. The Labute approximate surface area is 209 Å². The van der Waals surface area contributed by atoms with Crippen molar-refractivity contribution in [2.24, 2.45) is 0 Å². The lowest BCUT2D eigenvalue weighted by molar-refractivity contribution is -0.144. The fourth-order valence-corrected chi connectivity index (χ4v) is 4.96. The largest absolute Gasteiger partial charge is 0.489 e. The molecule has 6 nitrogen and oxygen atoms in total. The van der Waals surface area contributed by atoms with Gasteiger partial charge in [0.15, 0.2) is 0 Å². The molecule has 3 aromatic carbocycles. The van der Waals surface area contributed by atoms with Gasteiger partial charge in [-0.15, -0.1) is 0 Å². The number of aliphatic carboxylic acids is 1. The van der Waals surface area contributed by atoms with E-state index < -0.39 is 12.0 Å². The molecule has 1 aliphatic heterocycles. The van der Waals surface area contributed by atoms with E-state index in [-0.39, 0.29) is 0 Å². The number of carboxylic acids is 1. The van der Waals surface area contributed by atoms with Crippen molar-refractivity contribution >= 4 is 28.5 Å². The summed E-state index contributed by atoms with van der Waals surface area (Å²) in [4.78, 5) is 20.0. The predicted molar refractivity (Wildman–Crippen MR) is 138 cm³/mol. The number of aromatic nitrogens is 1. The zero-order valence-corrected chi connectivity index (χ0v) is 20.1. The molecule has 1 aliphatic rings. The monoisotopic (exact) mass is 489 g/mol. The van der Waals surface area contributed by atoms with Crippen LogP contribution in [-0.4, -0.2) is 52.0 Å². The molecule has 2 N–H and O–H groups in total. The number of H-pyrrole nitrogens is 1. The van der Waals surface area contributed by atoms with E-state index in [2.05, 4.69) is 20.9 Å². The first kappa shape index (κ1) is 23.4. The second-order valence-corrected chi connectivity index (χ2v) is 9.34. The molecule has 180 valence electrons. The van der Waals surface area contributed by atoms with Crippen molar-refractivity contribution in [3.63, 3.8) is 0 Å². The molecule has 7 heteroatoms. The Morgan fingerprint density at radius 2 is 1.74 bits per heavy atom. The SMILES string of the molecule is O=C(O)[C@@H](c1c[nH]c2cc(OCc3ccccc3)ccc12)N1CCN(Cc2cccc(Cl)c2)CC1. The minimum atomic E-state index is -0.835. The van der Waals surface area contributed by atoms with Crippen molar-refractivity contribution in [1.29, 1.82) is 0 Å². The van der Waals surface area contributed by atoms with Gasteiger partial charge in [0.1, 0.15) is 18.4 Å². The van der Waals surface area contributed by atoms with E-state index in [0.29, 0.717) is 19.7 Å². The lowest BCUT2D eigenvalue weighted by Gasteiger charge is -2.37. The summed E-state index contributed by atoms with van der Waals surface area (Å²) in [7, 11) is 0. The van der Waals surface area contributed by atoms with Gasteiger partial charge in [-0.1, -0.05) is 54.1 Å². The Hall–Kier alpha value is -3.32. The molecule has 1 atom stereocenters. The van der Waals surface area contributed by atoms with Crippen LogP contribution in [0.4, 0.5) is 0 Å². The number of nitrogens with one attached hydrogen (secondary N) is 1. The maximum Gasteiger partial charge on any atom is 0.325 e. The minimum absolute atomic E-state index is 0.483. The molecule has 0 aliphatic carbocycles. The smallest absolute Gasteiger partial charge is 0.325 e. The number of rotatable bonds is 8. The number of hydrogen-bond donors (Lipinski definition) is 2. The number of nitrogens with zero attached hydrogens (tertiary/aromatic N) is 2. The number of aromatic amines is 1. The number of halogens is 1. The summed E-state index contributed by atoms with van der Waals surface area (Å²) in [6, 6.07) is 23.0. The van der Waals surface area contributed by atoms with Gasteiger partial charge >= 0.3 is 5.97 Å². The van der Waals surface area contributed by atoms with Crippen LogP contribution in [0.5, 0.6) is 5.75 Å². The molecule has 4 aromatic rings. The molecule has 0 saturated carbocycles. The number of fused-ring (bicyclic) bond motifs is 1. The molecule has 2 heterocycles. The molecule has 0 spiro atoms. The summed E-state index contributed by atoms with van der Waals surface area (Å²) in [5.74, 6) is -0.0881. The van der Waals surface area contributed by atoms with Crippen molar-refractivity contribution in [2.75, 3.05) is 26.2 Å². The minimum Gasteiger partial charge on any atom is -0.489 e. The van der Waals surface area contributed by atoms with E-state index in [0.717, 1.165) is 52.4 Å². The first-order valence-corrected chi connectivity index (χ1v) is 12.2. The fourth-order valence-electron chi connectivity index (χ4n) is 4.74. The van der Waals surface area contributed by atoms with E-state index in [1.165, 1.54) is 5.56 Å². The molecule has 1 aromatic heterocycles. The van der Waals surface area contributed by atoms with Gasteiger partial charge in [0.25, 0.3) is 0 Å². The van der Waals surface area contributed by atoms with E-state index in [4.69, 9.17) is 16.3 Å². The Morgan fingerprint density at radius 1 is 0.971 bits per heavy atom. The fraction of sp³-hybridized carbons (Fsp3) is 0.250. The third-order valence-electron chi connectivity index (χ3n) is 6.53. The number of hydrogen-bond acceptors (Lipinski definition) is 4. The number of ether oxygens (including phenoxy) is 1. The van der Waals surface area contributed by atoms with Gasteiger partial charge in [0.2, 0.25) is 0 Å². The van der Waals surface area contributed by atoms with Gasteiger partial charge in [0, 0.05) is 66.5 Å². The van der Waals surface area contributed by atoms with E-state index >= 15 is 0 Å². The maximum absolute atomic E-state index is 12.4. The van der Waals surface area contributed by atoms with Gasteiger partial charge < -0.3 is 14.8 Å². The van der Waals surface area contributed by atoms with Crippen LogP contribution in [0.25, 0.3) is 10.9 Å². The average Bonchev–Trinajstić information content (AvgIpc) is 3.27. The van der Waals surface area contributed by atoms with Crippen molar-refractivity contribution < 1.29 is 14.6 Å². The average molecular weight is 490 g/mol. The molecule has 1 saturated heterocycles. The summed E-state index contributed by atoms with van der Waals surface area (Å²) in [5, 5.41) is 11.8. The molecular formula is C28H28ClN3O3. The van der Waals surface area contributed by atoms with Crippen LogP contribution in [0, 0.1) is 0 Å². The normalized spacial score (nSPS) is 15.8. The third kappa shape index (κ3) is 5.51. The predicted octanol–water partition coefficient (Wildman–Crippen LogP) is 5.34. The maximum atomic E-state index is 12.4. The van der Waals surface area contributed by atoms with Crippen molar-refractivity contribution in [3.05, 3.63) is 101 Å². The lowest BCUT2D eigenvalue weighted by Crippen LogP contribution is -2.48. The molecule has 35 heavy (non-hydrogen) atoms. The van der Waals surface area contributed by atoms with Crippen molar-refractivity contribution in [1.82, 2.24) is 14.8 Å². The van der Waals surface area contributed by atoms with Gasteiger partial charge in [-0.05, 0) is 35.4 Å². The highest BCUT2D eigenvalue weighted by Crippen LogP contribution is 2.32. The van der Waals surface area contributed by atoms with Crippen LogP contribution in [0.2, 0.25) is 5.02 Å². The summed E-state index contributed by atoms with van der Waals surface area (Å²) in [6.07, 6.45) is 1.82. The first-order chi connectivity index (χ1) is 17.1. The highest BCUT2D eigenvalue weighted by atomic mass is 35.5. The zero-order chi connectivity index (χ0) is 24.2. The Kier molecular flexibility index (Phi) is 7.04. The summed E-state index contributed by atoms with van der Waals surface area (Å²) >= 11 is 6.12. The topological polar surface area (TPSA) is 68.8 Å². The van der Waals surface area contributed by atoms with Crippen LogP contribution >= 0.6 is 11.6 Å². The molecule has 0 radical (unpaired) electrons. The summed E-state index contributed by atoms with van der Waals surface area (Å²) in [5.41, 5.74) is 3.92. The Morgan fingerprint density at radius 3 is 2.49 bits per heavy atom. The van der Waals surface area contributed by atoms with Crippen LogP contribution in [0.15, 0.2) is 79.0 Å². The Bertz CT molecular complexity index is 1300. The number of benzene rings is 3. The first-order valence-electron chi connectivity index (χ1n) is 11.8. The third-order valence-corrected chi connectivity index (χ3v) is 6.76.